The van der Waals surface area contributed by atoms with Crippen molar-refractivity contribution in [1.82, 2.24) is 19.7 Å². The zero-order chi connectivity index (χ0) is 17.3. The minimum Gasteiger partial charge on any atom is -0.378 e. The van der Waals surface area contributed by atoms with E-state index in [0.717, 1.165) is 12.1 Å². The second-order valence-corrected chi connectivity index (χ2v) is 5.16. The number of aromatic nitrogens is 4. The molecule has 6 nitrogen and oxygen atoms in total. The number of aromatic amines is 1. The van der Waals surface area contributed by atoms with Gasteiger partial charge in [0, 0.05) is 7.11 Å². The van der Waals surface area contributed by atoms with Gasteiger partial charge in [0.25, 0.3) is 5.56 Å². The maximum Gasteiger partial charge on any atom is 0.416 e. The van der Waals surface area contributed by atoms with E-state index in [4.69, 9.17) is 4.74 Å². The summed E-state index contributed by atoms with van der Waals surface area (Å²) < 4.78 is 44.3. The smallest absolute Gasteiger partial charge is 0.378 e. The van der Waals surface area contributed by atoms with Crippen molar-refractivity contribution >= 4 is 11.0 Å². The van der Waals surface area contributed by atoms with Gasteiger partial charge in [-0.2, -0.15) is 18.3 Å². The van der Waals surface area contributed by atoms with E-state index in [1.54, 1.807) is 0 Å². The summed E-state index contributed by atoms with van der Waals surface area (Å²) in [6, 6.07) is 4.77. The Morgan fingerprint density at radius 3 is 2.58 bits per heavy atom. The summed E-state index contributed by atoms with van der Waals surface area (Å²) >= 11 is 0. The van der Waals surface area contributed by atoms with Gasteiger partial charge in [-0.15, -0.1) is 0 Å². The Morgan fingerprint density at radius 1 is 1.25 bits per heavy atom. The molecule has 0 spiro atoms. The summed E-state index contributed by atoms with van der Waals surface area (Å²) in [5.74, 6) is 0. The molecule has 0 amide bonds. The molecular formula is C15H13F3N4O2. The zero-order valence-electron chi connectivity index (χ0n) is 12.6. The Kier molecular flexibility index (Phi) is 4.10. The van der Waals surface area contributed by atoms with Gasteiger partial charge in [-0.05, 0) is 17.7 Å². The maximum absolute atomic E-state index is 12.6. The molecule has 0 saturated heterocycles. The van der Waals surface area contributed by atoms with Crippen LogP contribution in [0.15, 0.2) is 35.4 Å². The predicted octanol–water partition coefficient (Wildman–Crippen LogP) is 2.33. The van der Waals surface area contributed by atoms with Crippen molar-refractivity contribution in [3.05, 3.63) is 57.8 Å². The van der Waals surface area contributed by atoms with E-state index < -0.39 is 11.7 Å². The number of rotatable bonds is 4. The first kappa shape index (κ1) is 16.2. The van der Waals surface area contributed by atoms with Crippen molar-refractivity contribution in [2.75, 3.05) is 7.11 Å². The Morgan fingerprint density at radius 2 is 1.96 bits per heavy atom. The number of ether oxygens (including phenoxy) is 1. The monoisotopic (exact) mass is 338 g/mol. The molecule has 0 saturated carbocycles. The largest absolute Gasteiger partial charge is 0.416 e. The molecule has 0 aliphatic heterocycles. The molecule has 0 radical (unpaired) electrons. The first-order valence-electron chi connectivity index (χ1n) is 6.98. The molecule has 0 aliphatic rings. The second-order valence-electron chi connectivity index (χ2n) is 5.16. The van der Waals surface area contributed by atoms with Crippen LogP contribution in [0.25, 0.3) is 11.0 Å². The zero-order valence-corrected chi connectivity index (χ0v) is 12.6. The van der Waals surface area contributed by atoms with Crippen molar-refractivity contribution in [1.29, 1.82) is 0 Å². The highest BCUT2D eigenvalue weighted by atomic mass is 19.4. The number of methoxy groups -OCH3 is 1. The van der Waals surface area contributed by atoms with Crippen molar-refractivity contribution in [2.24, 2.45) is 0 Å². The van der Waals surface area contributed by atoms with Crippen molar-refractivity contribution in [3.63, 3.8) is 0 Å². The van der Waals surface area contributed by atoms with E-state index in [2.05, 4.69) is 15.1 Å². The van der Waals surface area contributed by atoms with Crippen molar-refractivity contribution in [2.45, 2.75) is 19.3 Å². The third-order valence-electron chi connectivity index (χ3n) is 3.50. The van der Waals surface area contributed by atoms with Crippen LogP contribution in [0.5, 0.6) is 0 Å². The summed E-state index contributed by atoms with van der Waals surface area (Å²) in [5.41, 5.74) is 0.329. The van der Waals surface area contributed by atoms with Gasteiger partial charge < -0.3 is 9.72 Å². The lowest BCUT2D eigenvalue weighted by Gasteiger charge is -2.08. The molecule has 0 aliphatic carbocycles. The molecule has 0 atom stereocenters. The van der Waals surface area contributed by atoms with Crippen LogP contribution >= 0.6 is 0 Å². The molecule has 24 heavy (non-hydrogen) atoms. The Balaban J connectivity index is 1.98. The summed E-state index contributed by atoms with van der Waals surface area (Å²) in [5, 5.41) is 4.60. The number of halogens is 3. The van der Waals surface area contributed by atoms with Gasteiger partial charge in [0.2, 0.25) is 0 Å². The highest BCUT2D eigenvalue weighted by Crippen LogP contribution is 2.29. The predicted molar refractivity (Wildman–Crippen MR) is 79.4 cm³/mol. The third-order valence-corrected chi connectivity index (χ3v) is 3.50. The topological polar surface area (TPSA) is 72.8 Å². The first-order valence-corrected chi connectivity index (χ1v) is 6.98. The summed E-state index contributed by atoms with van der Waals surface area (Å²) in [6.45, 7) is 0.320. The van der Waals surface area contributed by atoms with E-state index in [9.17, 15) is 18.0 Å². The van der Waals surface area contributed by atoms with Crippen LogP contribution in [0.4, 0.5) is 13.2 Å². The van der Waals surface area contributed by atoms with Crippen molar-refractivity contribution in [3.8, 4) is 0 Å². The van der Waals surface area contributed by atoms with E-state index >= 15 is 0 Å². The highest BCUT2D eigenvalue weighted by molar-refractivity contribution is 5.76. The Bertz CT molecular complexity index is 913. The van der Waals surface area contributed by atoms with Gasteiger partial charge in [-0.1, -0.05) is 12.1 Å². The minimum absolute atomic E-state index is 0.130. The SMILES string of the molecule is COCc1nn(Cc2ccc(C(F)(F)F)cc2)c2nc[nH]c(=O)c12. The van der Waals surface area contributed by atoms with Crippen LogP contribution in [-0.4, -0.2) is 26.9 Å². The molecule has 3 rings (SSSR count). The number of fused-ring (bicyclic) bond motifs is 1. The number of hydrogen-bond donors (Lipinski definition) is 1. The number of nitrogens with one attached hydrogen (secondary N) is 1. The maximum atomic E-state index is 12.6. The molecule has 3 aromatic rings. The average Bonchev–Trinajstić information content (AvgIpc) is 2.87. The molecule has 2 heterocycles. The standard InChI is InChI=1S/C15H13F3N4O2/c1-24-7-11-12-13(19-8-20-14(12)23)22(21-11)6-9-2-4-10(5-3-9)15(16,17)18/h2-5,8H,6-7H2,1H3,(H,19,20,23). The number of nitrogens with zero attached hydrogens (tertiary/aromatic N) is 3. The Labute approximate surface area is 133 Å². The fourth-order valence-electron chi connectivity index (χ4n) is 2.41. The van der Waals surface area contributed by atoms with Crippen LogP contribution in [0, 0.1) is 0 Å². The molecule has 9 heteroatoms. The van der Waals surface area contributed by atoms with Gasteiger partial charge in [0.05, 0.1) is 25.0 Å². The van der Waals surface area contributed by atoms with Gasteiger partial charge >= 0.3 is 6.18 Å². The lowest BCUT2D eigenvalue weighted by atomic mass is 10.1. The molecule has 126 valence electrons. The first-order chi connectivity index (χ1) is 11.4. The van der Waals surface area contributed by atoms with Crippen LogP contribution in [0.1, 0.15) is 16.8 Å². The van der Waals surface area contributed by atoms with Gasteiger partial charge in [0.15, 0.2) is 5.65 Å². The Hall–Kier alpha value is -2.68. The number of alkyl halides is 3. The van der Waals surface area contributed by atoms with E-state index in [0.29, 0.717) is 22.3 Å². The van der Waals surface area contributed by atoms with Crippen LogP contribution in [-0.2, 0) is 24.1 Å². The normalized spacial score (nSPS) is 12.0. The number of H-pyrrole nitrogens is 1. The van der Waals surface area contributed by atoms with Crippen molar-refractivity contribution < 1.29 is 17.9 Å². The average molecular weight is 338 g/mol. The molecule has 2 aromatic heterocycles. The fraction of sp³-hybridized carbons (Fsp3) is 0.267. The highest BCUT2D eigenvalue weighted by Gasteiger charge is 2.30. The minimum atomic E-state index is -4.38. The lowest BCUT2D eigenvalue weighted by molar-refractivity contribution is -0.137. The summed E-state index contributed by atoms with van der Waals surface area (Å²) in [6.07, 6.45) is -3.12. The molecule has 1 N–H and O–H groups in total. The fourth-order valence-corrected chi connectivity index (χ4v) is 2.41. The molecular weight excluding hydrogens is 325 g/mol. The molecule has 0 fully saturated rings. The van der Waals surface area contributed by atoms with Gasteiger partial charge in [0.1, 0.15) is 11.1 Å². The summed E-state index contributed by atoms with van der Waals surface area (Å²) in [7, 11) is 1.48. The van der Waals surface area contributed by atoms with Crippen LogP contribution in [0.2, 0.25) is 0 Å². The van der Waals surface area contributed by atoms with E-state index in [-0.39, 0.29) is 18.7 Å². The molecule has 1 aromatic carbocycles. The van der Waals surface area contributed by atoms with Crippen LogP contribution < -0.4 is 5.56 Å². The summed E-state index contributed by atoms with van der Waals surface area (Å²) in [4.78, 5) is 18.5. The van der Waals surface area contributed by atoms with Crippen LogP contribution in [0.3, 0.4) is 0 Å². The molecule has 0 bridgehead atoms. The molecule has 0 unspecified atom stereocenters. The third kappa shape index (κ3) is 3.02. The van der Waals surface area contributed by atoms with E-state index in [1.165, 1.54) is 30.3 Å². The van der Waals surface area contributed by atoms with Gasteiger partial charge in [-0.3, -0.25) is 4.79 Å². The number of benzene rings is 1. The van der Waals surface area contributed by atoms with Gasteiger partial charge in [-0.25, -0.2) is 9.67 Å². The van der Waals surface area contributed by atoms with E-state index in [1.807, 2.05) is 0 Å². The number of hydrogen-bond acceptors (Lipinski definition) is 4. The second kappa shape index (κ2) is 6.08. The lowest BCUT2D eigenvalue weighted by Crippen LogP contribution is -2.09. The quantitative estimate of drug-likeness (QED) is 0.792.